The van der Waals surface area contributed by atoms with Crippen molar-refractivity contribution in [2.75, 3.05) is 13.1 Å². The third-order valence-corrected chi connectivity index (χ3v) is 2.46. The molecule has 1 aromatic rings. The Balaban J connectivity index is 2.79. The van der Waals surface area contributed by atoms with Gasteiger partial charge in [-0.1, -0.05) is 0 Å². The molecule has 0 aliphatic rings. The zero-order valence-electron chi connectivity index (χ0n) is 10.7. The van der Waals surface area contributed by atoms with E-state index in [1.165, 1.54) is 18.2 Å². The number of halogens is 1. The van der Waals surface area contributed by atoms with Crippen LogP contribution >= 0.6 is 0 Å². The number of nitrogens with two attached hydrogens (primary N) is 1. The standard InChI is InChI=1S/C13H19FN2O2/c1-3-16-13(17)9(2)18-12-5-4-11(14)8-10(12)6-7-15/h4-5,8-9H,3,6-7,15H2,1-2H3,(H,16,17). The van der Waals surface area contributed by atoms with Crippen LogP contribution in [0, 0.1) is 5.82 Å². The molecule has 0 aliphatic heterocycles. The fraction of sp³-hybridized carbons (Fsp3) is 0.462. The first-order valence-corrected chi connectivity index (χ1v) is 6.01. The van der Waals surface area contributed by atoms with Crippen LogP contribution in [-0.2, 0) is 11.2 Å². The number of rotatable bonds is 6. The zero-order chi connectivity index (χ0) is 13.5. The smallest absolute Gasteiger partial charge is 0.260 e. The van der Waals surface area contributed by atoms with Crippen LogP contribution in [0.5, 0.6) is 5.75 Å². The number of likely N-dealkylation sites (N-methyl/N-ethyl adjacent to an activating group) is 1. The van der Waals surface area contributed by atoms with Gasteiger partial charge in [0.2, 0.25) is 0 Å². The third kappa shape index (κ3) is 4.00. The number of carbonyl (C=O) groups is 1. The van der Waals surface area contributed by atoms with Crippen LogP contribution in [-0.4, -0.2) is 25.1 Å². The van der Waals surface area contributed by atoms with E-state index >= 15 is 0 Å². The van der Waals surface area contributed by atoms with Gasteiger partial charge in [0.15, 0.2) is 6.10 Å². The van der Waals surface area contributed by atoms with Crippen molar-refractivity contribution >= 4 is 5.91 Å². The van der Waals surface area contributed by atoms with E-state index < -0.39 is 6.10 Å². The van der Waals surface area contributed by atoms with E-state index in [4.69, 9.17) is 10.5 Å². The number of nitrogens with one attached hydrogen (secondary N) is 1. The Labute approximate surface area is 106 Å². The van der Waals surface area contributed by atoms with Gasteiger partial charge in [-0.15, -0.1) is 0 Å². The fourth-order valence-corrected chi connectivity index (χ4v) is 1.58. The summed E-state index contributed by atoms with van der Waals surface area (Å²) in [6.45, 7) is 4.43. The summed E-state index contributed by atoms with van der Waals surface area (Å²) in [6.07, 6.45) is -0.109. The van der Waals surface area contributed by atoms with Crippen molar-refractivity contribution in [3.05, 3.63) is 29.6 Å². The van der Waals surface area contributed by atoms with Crippen LogP contribution in [0.15, 0.2) is 18.2 Å². The van der Waals surface area contributed by atoms with Gasteiger partial charge in [0.25, 0.3) is 5.91 Å². The summed E-state index contributed by atoms with van der Waals surface area (Å²) >= 11 is 0. The quantitative estimate of drug-likeness (QED) is 0.802. The molecule has 0 spiro atoms. The summed E-state index contributed by atoms with van der Waals surface area (Å²) in [6, 6.07) is 4.21. The first-order chi connectivity index (χ1) is 8.58. The lowest BCUT2D eigenvalue weighted by molar-refractivity contribution is -0.127. The van der Waals surface area contributed by atoms with Gasteiger partial charge in [0.05, 0.1) is 0 Å². The fourth-order valence-electron chi connectivity index (χ4n) is 1.58. The number of hydrogen-bond acceptors (Lipinski definition) is 3. The topological polar surface area (TPSA) is 64.3 Å². The van der Waals surface area contributed by atoms with Crippen LogP contribution in [0.4, 0.5) is 4.39 Å². The van der Waals surface area contributed by atoms with Crippen molar-refractivity contribution in [1.82, 2.24) is 5.32 Å². The molecule has 0 saturated heterocycles. The molecule has 0 aliphatic carbocycles. The van der Waals surface area contributed by atoms with Crippen molar-refractivity contribution in [3.63, 3.8) is 0 Å². The normalized spacial score (nSPS) is 12.0. The molecule has 0 aromatic heterocycles. The minimum atomic E-state index is -0.619. The minimum Gasteiger partial charge on any atom is -0.481 e. The maximum Gasteiger partial charge on any atom is 0.260 e. The Hall–Kier alpha value is -1.62. The molecule has 0 saturated carbocycles. The van der Waals surface area contributed by atoms with Gasteiger partial charge in [-0.05, 0) is 50.6 Å². The summed E-state index contributed by atoms with van der Waals surface area (Å²) in [5.41, 5.74) is 6.14. The van der Waals surface area contributed by atoms with Gasteiger partial charge in [-0.2, -0.15) is 0 Å². The highest BCUT2D eigenvalue weighted by molar-refractivity contribution is 5.80. The molecule has 18 heavy (non-hydrogen) atoms. The number of ether oxygens (including phenoxy) is 1. The Morgan fingerprint density at radius 1 is 1.56 bits per heavy atom. The lowest BCUT2D eigenvalue weighted by atomic mass is 10.1. The lowest BCUT2D eigenvalue weighted by Gasteiger charge is -2.16. The van der Waals surface area contributed by atoms with Gasteiger partial charge >= 0.3 is 0 Å². The maximum absolute atomic E-state index is 13.1. The van der Waals surface area contributed by atoms with Crippen LogP contribution in [0.2, 0.25) is 0 Å². The van der Waals surface area contributed by atoms with Crippen LogP contribution in [0.25, 0.3) is 0 Å². The summed E-state index contributed by atoms with van der Waals surface area (Å²) in [7, 11) is 0. The molecule has 1 aromatic carbocycles. The molecule has 3 N–H and O–H groups in total. The number of carbonyl (C=O) groups excluding carboxylic acids is 1. The van der Waals surface area contributed by atoms with Gasteiger partial charge < -0.3 is 15.8 Å². The van der Waals surface area contributed by atoms with Crippen LogP contribution < -0.4 is 15.8 Å². The third-order valence-electron chi connectivity index (χ3n) is 2.46. The molecule has 0 radical (unpaired) electrons. The van der Waals surface area contributed by atoms with Crippen LogP contribution in [0.1, 0.15) is 19.4 Å². The molecule has 4 nitrogen and oxygen atoms in total. The van der Waals surface area contributed by atoms with Gasteiger partial charge in [-0.3, -0.25) is 4.79 Å². The molecule has 0 fully saturated rings. The Bertz CT molecular complexity index is 410. The highest BCUT2D eigenvalue weighted by Gasteiger charge is 2.15. The van der Waals surface area contributed by atoms with Gasteiger partial charge in [-0.25, -0.2) is 4.39 Å². The average molecular weight is 254 g/mol. The van der Waals surface area contributed by atoms with Gasteiger partial charge in [0.1, 0.15) is 11.6 Å². The molecule has 0 heterocycles. The van der Waals surface area contributed by atoms with Crippen molar-refractivity contribution in [2.24, 2.45) is 5.73 Å². The summed E-state index contributed by atoms with van der Waals surface area (Å²) in [5.74, 6) is -0.0300. The molecule has 1 amide bonds. The lowest BCUT2D eigenvalue weighted by Crippen LogP contribution is -2.36. The van der Waals surface area contributed by atoms with E-state index in [9.17, 15) is 9.18 Å². The van der Waals surface area contributed by atoms with E-state index in [1.54, 1.807) is 6.92 Å². The zero-order valence-corrected chi connectivity index (χ0v) is 10.7. The van der Waals surface area contributed by atoms with Crippen molar-refractivity contribution in [2.45, 2.75) is 26.4 Å². The predicted octanol–water partition coefficient (Wildman–Crippen LogP) is 1.23. The van der Waals surface area contributed by atoms with Crippen LogP contribution in [0.3, 0.4) is 0 Å². The first kappa shape index (κ1) is 14.4. The van der Waals surface area contributed by atoms with E-state index in [2.05, 4.69) is 5.32 Å². The molecule has 1 atom stereocenters. The summed E-state index contributed by atoms with van der Waals surface area (Å²) < 4.78 is 18.6. The average Bonchev–Trinajstić information content (AvgIpc) is 2.33. The Kier molecular flexibility index (Phi) is 5.58. The SMILES string of the molecule is CCNC(=O)C(C)Oc1ccc(F)cc1CCN. The molecular formula is C13H19FN2O2. The molecule has 0 bridgehead atoms. The highest BCUT2D eigenvalue weighted by Crippen LogP contribution is 2.21. The summed E-state index contributed by atoms with van der Waals surface area (Å²) in [5, 5.41) is 2.67. The molecular weight excluding hydrogens is 235 g/mol. The van der Waals surface area contributed by atoms with Crippen molar-refractivity contribution in [3.8, 4) is 5.75 Å². The van der Waals surface area contributed by atoms with E-state index in [1.807, 2.05) is 6.92 Å². The number of amides is 1. The molecule has 100 valence electrons. The molecule has 1 unspecified atom stereocenters. The molecule has 5 heteroatoms. The largest absolute Gasteiger partial charge is 0.481 e. The van der Waals surface area contributed by atoms with E-state index in [-0.39, 0.29) is 11.7 Å². The maximum atomic E-state index is 13.1. The highest BCUT2D eigenvalue weighted by atomic mass is 19.1. The minimum absolute atomic E-state index is 0.194. The first-order valence-electron chi connectivity index (χ1n) is 6.01. The number of hydrogen-bond donors (Lipinski definition) is 2. The number of benzene rings is 1. The molecule has 1 rings (SSSR count). The van der Waals surface area contributed by atoms with Crippen molar-refractivity contribution in [1.29, 1.82) is 0 Å². The monoisotopic (exact) mass is 254 g/mol. The predicted molar refractivity (Wildman–Crippen MR) is 67.9 cm³/mol. The Morgan fingerprint density at radius 2 is 2.28 bits per heavy atom. The second-order valence-electron chi connectivity index (χ2n) is 3.95. The second kappa shape index (κ2) is 6.96. The second-order valence-corrected chi connectivity index (χ2v) is 3.95. The Morgan fingerprint density at radius 3 is 2.89 bits per heavy atom. The summed E-state index contributed by atoms with van der Waals surface area (Å²) in [4.78, 5) is 11.5. The van der Waals surface area contributed by atoms with Crippen molar-refractivity contribution < 1.29 is 13.9 Å². The van der Waals surface area contributed by atoms with E-state index in [0.717, 1.165) is 0 Å². The van der Waals surface area contributed by atoms with E-state index in [0.29, 0.717) is 30.8 Å². The van der Waals surface area contributed by atoms with Gasteiger partial charge in [0, 0.05) is 6.54 Å².